The quantitative estimate of drug-likeness (QED) is 0.892. The third kappa shape index (κ3) is 2.87. The molecule has 1 aliphatic rings. The monoisotopic (exact) mass is 307 g/mol. The highest BCUT2D eigenvalue weighted by Gasteiger charge is 2.12. The lowest BCUT2D eigenvalue weighted by atomic mass is 10.1. The Bertz CT molecular complexity index is 608. The maximum Gasteiger partial charge on any atom is 0.122 e. The van der Waals surface area contributed by atoms with Crippen LogP contribution in [0, 0.1) is 0 Å². The molecule has 0 unspecified atom stereocenters. The van der Waals surface area contributed by atoms with Crippen molar-refractivity contribution in [2.24, 2.45) is 0 Å². The number of ether oxygens (including phenoxy) is 1. The molecule has 0 fully saturated rings. The number of hydrogen-bond acceptors (Lipinski definition) is 2. The fraction of sp³-hybridized carbons (Fsp3) is 0.250. The molecule has 0 aliphatic carbocycles. The van der Waals surface area contributed by atoms with E-state index in [0.717, 1.165) is 37.4 Å². The van der Waals surface area contributed by atoms with Crippen LogP contribution in [0.2, 0.25) is 10.0 Å². The Morgan fingerprint density at radius 3 is 2.70 bits per heavy atom. The first-order chi connectivity index (χ1) is 9.74. The zero-order valence-electron chi connectivity index (χ0n) is 11.0. The van der Waals surface area contributed by atoms with Crippen molar-refractivity contribution in [3.05, 3.63) is 57.6 Å². The fourth-order valence-electron chi connectivity index (χ4n) is 2.39. The van der Waals surface area contributed by atoms with Gasteiger partial charge in [0.05, 0.1) is 22.3 Å². The summed E-state index contributed by atoms with van der Waals surface area (Å²) in [6.45, 7) is 1.59. The number of benzene rings is 2. The maximum absolute atomic E-state index is 6.12. The molecule has 2 nitrogen and oxygen atoms in total. The lowest BCUT2D eigenvalue weighted by molar-refractivity contribution is 0.357. The summed E-state index contributed by atoms with van der Waals surface area (Å²) in [5.41, 5.74) is 3.41. The van der Waals surface area contributed by atoms with E-state index in [9.17, 15) is 0 Å². The van der Waals surface area contributed by atoms with Crippen molar-refractivity contribution in [1.29, 1.82) is 0 Å². The number of anilines is 1. The molecule has 0 atom stereocenters. The molecule has 1 N–H and O–H groups in total. The third-order valence-corrected chi connectivity index (χ3v) is 4.06. The van der Waals surface area contributed by atoms with Crippen molar-refractivity contribution in [2.45, 2.75) is 12.8 Å². The highest BCUT2D eigenvalue weighted by molar-refractivity contribution is 6.39. The Kier molecular flexibility index (Phi) is 4.04. The van der Waals surface area contributed by atoms with Gasteiger partial charge >= 0.3 is 0 Å². The maximum atomic E-state index is 6.12. The van der Waals surface area contributed by atoms with Crippen LogP contribution < -0.4 is 10.1 Å². The van der Waals surface area contributed by atoms with Crippen molar-refractivity contribution in [1.82, 2.24) is 0 Å². The third-order valence-electron chi connectivity index (χ3n) is 3.43. The van der Waals surface area contributed by atoms with Gasteiger partial charge in [-0.15, -0.1) is 0 Å². The van der Waals surface area contributed by atoms with Gasteiger partial charge in [-0.25, -0.2) is 0 Å². The van der Waals surface area contributed by atoms with Gasteiger partial charge in [0.25, 0.3) is 0 Å². The summed E-state index contributed by atoms with van der Waals surface area (Å²) >= 11 is 12.2. The summed E-state index contributed by atoms with van der Waals surface area (Å²) in [7, 11) is 0. The number of nitrogens with one attached hydrogen (secondary N) is 1. The van der Waals surface area contributed by atoms with E-state index < -0.39 is 0 Å². The number of fused-ring (bicyclic) bond motifs is 1. The Morgan fingerprint density at radius 2 is 1.90 bits per heavy atom. The minimum Gasteiger partial charge on any atom is -0.493 e. The number of halogens is 2. The molecule has 1 heterocycles. The van der Waals surface area contributed by atoms with Crippen LogP contribution in [-0.4, -0.2) is 13.2 Å². The van der Waals surface area contributed by atoms with Crippen LogP contribution in [0.5, 0.6) is 5.75 Å². The van der Waals surface area contributed by atoms with Crippen molar-refractivity contribution in [2.75, 3.05) is 18.5 Å². The summed E-state index contributed by atoms with van der Waals surface area (Å²) in [5.74, 6) is 1.02. The number of para-hydroxylation sites is 1. The van der Waals surface area contributed by atoms with E-state index in [1.54, 1.807) is 0 Å². The predicted octanol–water partition coefficient (Wildman–Crippen LogP) is 4.58. The van der Waals surface area contributed by atoms with Crippen molar-refractivity contribution in [3.63, 3.8) is 0 Å². The lowest BCUT2D eigenvalue weighted by Gasteiger charge is -2.10. The average Bonchev–Trinajstić information content (AvgIpc) is 2.89. The zero-order chi connectivity index (χ0) is 13.9. The molecule has 0 aromatic heterocycles. The molecule has 2 aromatic rings. The van der Waals surface area contributed by atoms with E-state index in [1.807, 2.05) is 18.2 Å². The largest absolute Gasteiger partial charge is 0.493 e. The minimum atomic E-state index is 0.653. The molecule has 0 saturated carbocycles. The predicted molar refractivity (Wildman–Crippen MR) is 84.3 cm³/mol. The van der Waals surface area contributed by atoms with Gasteiger partial charge in [0.15, 0.2) is 0 Å². The standard InChI is InChI=1S/C16H15Cl2NO/c17-13-2-1-3-14(18)16(13)19-8-6-11-4-5-15-12(10-11)7-9-20-15/h1-5,10,19H,6-9H2. The molecule has 1 aliphatic heterocycles. The molecule has 104 valence electrons. The summed E-state index contributed by atoms with van der Waals surface area (Å²) < 4.78 is 5.51. The van der Waals surface area contributed by atoms with Gasteiger partial charge in [-0.2, -0.15) is 0 Å². The number of hydrogen-bond donors (Lipinski definition) is 1. The number of rotatable bonds is 4. The second-order valence-electron chi connectivity index (χ2n) is 4.81. The topological polar surface area (TPSA) is 21.3 Å². The van der Waals surface area contributed by atoms with Crippen molar-refractivity contribution >= 4 is 28.9 Å². The second-order valence-corrected chi connectivity index (χ2v) is 5.63. The van der Waals surface area contributed by atoms with E-state index >= 15 is 0 Å². The van der Waals surface area contributed by atoms with E-state index in [1.165, 1.54) is 11.1 Å². The fourth-order valence-corrected chi connectivity index (χ4v) is 2.93. The van der Waals surface area contributed by atoms with E-state index in [0.29, 0.717) is 10.0 Å². The molecule has 0 amide bonds. The lowest BCUT2D eigenvalue weighted by Crippen LogP contribution is -2.06. The molecule has 2 aromatic carbocycles. The van der Waals surface area contributed by atoms with Gasteiger partial charge in [-0.3, -0.25) is 0 Å². The van der Waals surface area contributed by atoms with Crippen molar-refractivity contribution < 1.29 is 4.74 Å². The van der Waals surface area contributed by atoms with Crippen LogP contribution in [0.4, 0.5) is 5.69 Å². The molecule has 3 rings (SSSR count). The Morgan fingerprint density at radius 1 is 1.10 bits per heavy atom. The Labute approximate surface area is 128 Å². The van der Waals surface area contributed by atoms with Crippen LogP contribution >= 0.6 is 23.2 Å². The van der Waals surface area contributed by atoms with E-state index in [-0.39, 0.29) is 0 Å². The first-order valence-electron chi connectivity index (χ1n) is 6.66. The molecular formula is C16H15Cl2NO. The van der Waals surface area contributed by atoms with Gasteiger partial charge in [0, 0.05) is 13.0 Å². The zero-order valence-corrected chi connectivity index (χ0v) is 12.5. The van der Waals surface area contributed by atoms with Crippen LogP contribution in [0.1, 0.15) is 11.1 Å². The minimum absolute atomic E-state index is 0.653. The summed E-state index contributed by atoms with van der Waals surface area (Å²) in [6.07, 6.45) is 1.93. The van der Waals surface area contributed by atoms with Gasteiger partial charge < -0.3 is 10.1 Å². The van der Waals surface area contributed by atoms with E-state index in [2.05, 4.69) is 23.5 Å². The van der Waals surface area contributed by atoms with Gasteiger partial charge in [-0.05, 0) is 35.7 Å². The molecule has 4 heteroatoms. The first-order valence-corrected chi connectivity index (χ1v) is 7.42. The Balaban J connectivity index is 1.63. The van der Waals surface area contributed by atoms with Crippen molar-refractivity contribution in [3.8, 4) is 5.75 Å². The van der Waals surface area contributed by atoms with Crippen LogP contribution in [0.3, 0.4) is 0 Å². The second kappa shape index (κ2) is 5.94. The smallest absolute Gasteiger partial charge is 0.122 e. The summed E-state index contributed by atoms with van der Waals surface area (Å²) in [5, 5.41) is 4.61. The molecule has 0 spiro atoms. The first kappa shape index (κ1) is 13.6. The average molecular weight is 308 g/mol. The van der Waals surface area contributed by atoms with Gasteiger partial charge in [-0.1, -0.05) is 41.4 Å². The molecule has 0 bridgehead atoms. The van der Waals surface area contributed by atoms with Crippen LogP contribution in [-0.2, 0) is 12.8 Å². The van der Waals surface area contributed by atoms with Gasteiger partial charge in [0.2, 0.25) is 0 Å². The summed E-state index contributed by atoms with van der Waals surface area (Å²) in [6, 6.07) is 11.9. The molecule has 0 saturated heterocycles. The molecule has 20 heavy (non-hydrogen) atoms. The van der Waals surface area contributed by atoms with Crippen LogP contribution in [0.25, 0.3) is 0 Å². The van der Waals surface area contributed by atoms with E-state index in [4.69, 9.17) is 27.9 Å². The summed E-state index contributed by atoms with van der Waals surface area (Å²) in [4.78, 5) is 0. The highest BCUT2D eigenvalue weighted by Crippen LogP contribution is 2.30. The SMILES string of the molecule is Clc1cccc(Cl)c1NCCc1ccc2c(c1)CCO2. The van der Waals surface area contributed by atoms with Gasteiger partial charge in [0.1, 0.15) is 5.75 Å². The molecule has 0 radical (unpaired) electrons. The molecular weight excluding hydrogens is 293 g/mol. The normalized spacial score (nSPS) is 12.9. The van der Waals surface area contributed by atoms with Crippen LogP contribution in [0.15, 0.2) is 36.4 Å². The Hall–Kier alpha value is -1.38. The highest BCUT2D eigenvalue weighted by atomic mass is 35.5.